The molecule has 0 spiro atoms. The highest BCUT2D eigenvalue weighted by Crippen LogP contribution is 2.23. The van der Waals surface area contributed by atoms with Gasteiger partial charge < -0.3 is 4.90 Å². The fraction of sp³-hybridized carbons (Fsp3) is 0.158. The third-order valence-corrected chi connectivity index (χ3v) is 5.51. The SMILES string of the molecule is Cc1ccc(C)c(S(=O)(=O)Nc2ccc(N(C)c3ccccc3)nn2)c1. The molecule has 1 N–H and O–H groups in total. The van der Waals surface area contributed by atoms with Crippen LogP contribution >= 0.6 is 0 Å². The molecule has 1 aromatic heterocycles. The molecule has 0 fully saturated rings. The van der Waals surface area contributed by atoms with Crippen molar-refractivity contribution in [2.24, 2.45) is 0 Å². The van der Waals surface area contributed by atoms with Gasteiger partial charge in [-0.3, -0.25) is 4.72 Å². The minimum atomic E-state index is -3.72. The second-order valence-corrected chi connectivity index (χ2v) is 7.70. The Balaban J connectivity index is 1.82. The smallest absolute Gasteiger partial charge is 0.263 e. The average molecular weight is 368 g/mol. The summed E-state index contributed by atoms with van der Waals surface area (Å²) < 4.78 is 27.7. The summed E-state index contributed by atoms with van der Waals surface area (Å²) in [5, 5.41) is 8.13. The summed E-state index contributed by atoms with van der Waals surface area (Å²) in [7, 11) is -1.84. The molecule has 0 atom stereocenters. The molecule has 0 unspecified atom stereocenters. The van der Waals surface area contributed by atoms with Crippen LogP contribution in [0.3, 0.4) is 0 Å². The topological polar surface area (TPSA) is 75.2 Å². The maximum atomic E-state index is 12.6. The van der Waals surface area contributed by atoms with Gasteiger partial charge in [-0.25, -0.2) is 8.42 Å². The van der Waals surface area contributed by atoms with Crippen LogP contribution in [0.4, 0.5) is 17.3 Å². The normalized spacial score (nSPS) is 11.2. The number of nitrogens with zero attached hydrogens (tertiary/aromatic N) is 3. The summed E-state index contributed by atoms with van der Waals surface area (Å²) in [5.74, 6) is 0.794. The molecule has 0 amide bonds. The first-order chi connectivity index (χ1) is 12.4. The van der Waals surface area contributed by atoms with Gasteiger partial charge in [0.15, 0.2) is 11.6 Å². The first-order valence-electron chi connectivity index (χ1n) is 8.09. The molecular weight excluding hydrogens is 348 g/mol. The zero-order chi connectivity index (χ0) is 18.7. The Kier molecular flexibility index (Phi) is 4.90. The number of sulfonamides is 1. The van der Waals surface area contributed by atoms with E-state index >= 15 is 0 Å². The predicted octanol–water partition coefficient (Wildman–Crippen LogP) is 3.66. The van der Waals surface area contributed by atoms with E-state index in [-0.39, 0.29) is 10.7 Å². The molecular formula is C19H20N4O2S. The Morgan fingerprint density at radius 3 is 2.31 bits per heavy atom. The third kappa shape index (κ3) is 3.83. The van der Waals surface area contributed by atoms with Crippen molar-refractivity contribution in [3.8, 4) is 0 Å². The second kappa shape index (κ2) is 7.13. The second-order valence-electron chi connectivity index (χ2n) is 6.05. The van der Waals surface area contributed by atoms with Crippen molar-refractivity contribution in [1.82, 2.24) is 10.2 Å². The van der Waals surface area contributed by atoms with Gasteiger partial charge in [0, 0.05) is 12.7 Å². The Bertz CT molecular complexity index is 1000. The highest BCUT2D eigenvalue weighted by atomic mass is 32.2. The fourth-order valence-corrected chi connectivity index (χ4v) is 3.86. The molecule has 3 rings (SSSR count). The van der Waals surface area contributed by atoms with Gasteiger partial charge in [0.05, 0.1) is 4.90 Å². The highest BCUT2D eigenvalue weighted by Gasteiger charge is 2.18. The van der Waals surface area contributed by atoms with Crippen LogP contribution in [0.2, 0.25) is 0 Å². The van der Waals surface area contributed by atoms with Crippen molar-refractivity contribution in [2.45, 2.75) is 18.7 Å². The van der Waals surface area contributed by atoms with Crippen molar-refractivity contribution in [3.05, 3.63) is 71.8 Å². The predicted molar refractivity (Wildman–Crippen MR) is 103 cm³/mol. The Morgan fingerprint density at radius 2 is 1.65 bits per heavy atom. The summed E-state index contributed by atoms with van der Waals surface area (Å²) in [6, 6.07) is 18.4. The van der Waals surface area contributed by atoms with E-state index in [2.05, 4.69) is 14.9 Å². The van der Waals surface area contributed by atoms with Crippen molar-refractivity contribution in [3.63, 3.8) is 0 Å². The van der Waals surface area contributed by atoms with Crippen LogP contribution in [-0.4, -0.2) is 25.7 Å². The molecule has 0 radical (unpaired) electrons. The molecule has 3 aromatic rings. The van der Waals surface area contributed by atoms with Gasteiger partial charge in [-0.1, -0.05) is 30.3 Å². The molecule has 0 aliphatic carbocycles. The third-order valence-electron chi connectivity index (χ3n) is 4.01. The van der Waals surface area contributed by atoms with Gasteiger partial charge in [-0.2, -0.15) is 0 Å². The first-order valence-corrected chi connectivity index (χ1v) is 9.58. The number of rotatable bonds is 5. The number of aromatic nitrogens is 2. The van der Waals surface area contributed by atoms with E-state index in [0.717, 1.165) is 11.3 Å². The average Bonchev–Trinajstić information content (AvgIpc) is 2.64. The van der Waals surface area contributed by atoms with Gasteiger partial charge in [0.1, 0.15) is 0 Å². The van der Waals surface area contributed by atoms with E-state index in [4.69, 9.17) is 0 Å². The Hall–Kier alpha value is -2.93. The van der Waals surface area contributed by atoms with Crippen molar-refractivity contribution in [2.75, 3.05) is 16.7 Å². The van der Waals surface area contributed by atoms with Gasteiger partial charge in [-0.15, -0.1) is 10.2 Å². The number of nitrogens with one attached hydrogen (secondary N) is 1. The van der Waals surface area contributed by atoms with Crippen LogP contribution in [0, 0.1) is 13.8 Å². The molecule has 0 saturated heterocycles. The molecule has 2 aromatic carbocycles. The molecule has 0 aliphatic rings. The van der Waals surface area contributed by atoms with Gasteiger partial charge in [-0.05, 0) is 55.3 Å². The lowest BCUT2D eigenvalue weighted by atomic mass is 10.2. The number of anilines is 3. The maximum absolute atomic E-state index is 12.6. The highest BCUT2D eigenvalue weighted by molar-refractivity contribution is 7.92. The molecule has 1 heterocycles. The van der Waals surface area contributed by atoms with E-state index in [1.165, 1.54) is 0 Å². The standard InChI is InChI=1S/C19H20N4O2S/c1-14-9-10-15(2)17(13-14)26(24,25)22-18-11-12-19(21-20-18)23(3)16-7-5-4-6-8-16/h4-13H,1-3H3,(H,20,22). The van der Waals surface area contributed by atoms with Crippen LogP contribution < -0.4 is 9.62 Å². The minimum Gasteiger partial charge on any atom is -0.328 e. The van der Waals surface area contributed by atoms with Crippen LogP contribution in [0.25, 0.3) is 0 Å². The fourth-order valence-electron chi connectivity index (χ4n) is 2.53. The van der Waals surface area contributed by atoms with Crippen LogP contribution in [0.1, 0.15) is 11.1 Å². The van der Waals surface area contributed by atoms with Gasteiger partial charge in [0.2, 0.25) is 0 Å². The lowest BCUT2D eigenvalue weighted by Crippen LogP contribution is -2.17. The first kappa shape index (κ1) is 17.9. The zero-order valence-corrected chi connectivity index (χ0v) is 15.7. The largest absolute Gasteiger partial charge is 0.328 e. The summed E-state index contributed by atoms with van der Waals surface area (Å²) in [5.41, 5.74) is 2.52. The van der Waals surface area contributed by atoms with Crippen molar-refractivity contribution < 1.29 is 8.42 Å². The minimum absolute atomic E-state index is 0.177. The summed E-state index contributed by atoms with van der Waals surface area (Å²) in [6.07, 6.45) is 0. The number of benzene rings is 2. The summed E-state index contributed by atoms with van der Waals surface area (Å²) in [4.78, 5) is 2.11. The molecule has 134 valence electrons. The quantitative estimate of drug-likeness (QED) is 0.744. The van der Waals surface area contributed by atoms with E-state index in [0.29, 0.717) is 11.4 Å². The van der Waals surface area contributed by atoms with Gasteiger partial charge in [0.25, 0.3) is 10.0 Å². The van der Waals surface area contributed by atoms with Crippen LogP contribution in [0.5, 0.6) is 0 Å². The van der Waals surface area contributed by atoms with E-state index in [1.807, 2.05) is 55.3 Å². The van der Waals surface area contributed by atoms with E-state index in [1.54, 1.807) is 31.2 Å². The molecule has 0 bridgehead atoms. The van der Waals surface area contributed by atoms with Crippen molar-refractivity contribution >= 4 is 27.3 Å². The van der Waals surface area contributed by atoms with Crippen LogP contribution in [0.15, 0.2) is 65.6 Å². The lowest BCUT2D eigenvalue weighted by molar-refractivity contribution is 0.600. The summed E-state index contributed by atoms with van der Waals surface area (Å²) >= 11 is 0. The number of aryl methyl sites for hydroxylation is 2. The number of hydrogen-bond acceptors (Lipinski definition) is 5. The monoisotopic (exact) mass is 368 g/mol. The Morgan fingerprint density at radius 1 is 0.923 bits per heavy atom. The zero-order valence-electron chi connectivity index (χ0n) is 14.8. The van der Waals surface area contributed by atoms with Gasteiger partial charge >= 0.3 is 0 Å². The molecule has 0 saturated carbocycles. The van der Waals surface area contributed by atoms with E-state index < -0.39 is 10.0 Å². The summed E-state index contributed by atoms with van der Waals surface area (Å²) in [6.45, 7) is 3.62. The number of para-hydroxylation sites is 1. The molecule has 7 heteroatoms. The van der Waals surface area contributed by atoms with E-state index in [9.17, 15) is 8.42 Å². The molecule has 0 aliphatic heterocycles. The molecule has 6 nitrogen and oxygen atoms in total. The molecule has 26 heavy (non-hydrogen) atoms. The maximum Gasteiger partial charge on any atom is 0.263 e. The Labute approximate surface area is 153 Å². The lowest BCUT2D eigenvalue weighted by Gasteiger charge is -2.17. The van der Waals surface area contributed by atoms with Crippen LogP contribution in [-0.2, 0) is 10.0 Å². The van der Waals surface area contributed by atoms with Crippen molar-refractivity contribution in [1.29, 1.82) is 0 Å². The number of hydrogen-bond donors (Lipinski definition) is 1.